The summed E-state index contributed by atoms with van der Waals surface area (Å²) in [4.78, 5) is 12.0. The predicted molar refractivity (Wildman–Crippen MR) is 67.4 cm³/mol. The molecule has 0 saturated heterocycles. The van der Waals surface area contributed by atoms with E-state index in [4.69, 9.17) is 10.5 Å². The maximum atomic E-state index is 12.0. The normalized spacial score (nSPS) is 9.83. The Labute approximate surface area is 104 Å². The first kappa shape index (κ1) is 11.8. The lowest BCUT2D eigenvalue weighted by molar-refractivity contribution is 0.102. The SMILES string of the molecule is COc1c(N)cccc1C(=O)Nc1cccnn1. The highest BCUT2D eigenvalue weighted by Gasteiger charge is 2.14. The summed E-state index contributed by atoms with van der Waals surface area (Å²) in [5.74, 6) is 0.366. The average Bonchev–Trinajstić information content (AvgIpc) is 2.39. The number of hydrogen-bond donors (Lipinski definition) is 2. The molecule has 0 aliphatic carbocycles. The highest BCUT2D eigenvalue weighted by Crippen LogP contribution is 2.26. The molecule has 1 aromatic heterocycles. The number of carbonyl (C=O) groups is 1. The van der Waals surface area contributed by atoms with Gasteiger partial charge >= 0.3 is 0 Å². The van der Waals surface area contributed by atoms with Crippen LogP contribution in [0.4, 0.5) is 11.5 Å². The smallest absolute Gasteiger partial charge is 0.260 e. The maximum Gasteiger partial charge on any atom is 0.260 e. The largest absolute Gasteiger partial charge is 0.494 e. The van der Waals surface area contributed by atoms with E-state index in [9.17, 15) is 4.79 Å². The number of para-hydroxylation sites is 1. The fourth-order valence-corrected chi connectivity index (χ4v) is 1.51. The molecule has 6 heteroatoms. The van der Waals surface area contributed by atoms with Gasteiger partial charge in [0.05, 0.1) is 18.4 Å². The van der Waals surface area contributed by atoms with Gasteiger partial charge < -0.3 is 15.8 Å². The molecule has 6 nitrogen and oxygen atoms in total. The number of aromatic nitrogens is 2. The number of ether oxygens (including phenoxy) is 1. The van der Waals surface area contributed by atoms with Gasteiger partial charge in [0.2, 0.25) is 0 Å². The van der Waals surface area contributed by atoms with Gasteiger partial charge in [-0.15, -0.1) is 5.10 Å². The minimum absolute atomic E-state index is 0.346. The summed E-state index contributed by atoms with van der Waals surface area (Å²) < 4.78 is 5.11. The van der Waals surface area contributed by atoms with Crippen molar-refractivity contribution in [2.45, 2.75) is 0 Å². The minimum Gasteiger partial charge on any atom is -0.494 e. The van der Waals surface area contributed by atoms with Crippen LogP contribution in [0.5, 0.6) is 5.75 Å². The standard InChI is InChI=1S/C12H12N4O2/c1-18-11-8(4-2-5-9(11)13)12(17)15-10-6-3-7-14-16-10/h2-7H,13H2,1H3,(H,15,16,17). The van der Waals surface area contributed by atoms with Crippen LogP contribution in [0.2, 0.25) is 0 Å². The van der Waals surface area contributed by atoms with Gasteiger partial charge in [-0.3, -0.25) is 4.79 Å². The first-order valence-corrected chi connectivity index (χ1v) is 5.24. The third kappa shape index (κ3) is 2.37. The van der Waals surface area contributed by atoms with E-state index in [-0.39, 0.29) is 5.91 Å². The highest BCUT2D eigenvalue weighted by atomic mass is 16.5. The van der Waals surface area contributed by atoms with E-state index >= 15 is 0 Å². The molecule has 0 atom stereocenters. The van der Waals surface area contributed by atoms with Crippen LogP contribution in [0.25, 0.3) is 0 Å². The van der Waals surface area contributed by atoms with Gasteiger partial charge in [0.25, 0.3) is 5.91 Å². The average molecular weight is 244 g/mol. The molecule has 1 amide bonds. The summed E-state index contributed by atoms with van der Waals surface area (Å²) in [6.07, 6.45) is 1.52. The minimum atomic E-state index is -0.348. The summed E-state index contributed by atoms with van der Waals surface area (Å²) in [6, 6.07) is 8.30. The molecule has 0 spiro atoms. The molecule has 92 valence electrons. The molecule has 0 aliphatic heterocycles. The van der Waals surface area contributed by atoms with E-state index < -0.39 is 0 Å². The monoisotopic (exact) mass is 244 g/mol. The molecule has 0 radical (unpaired) electrons. The van der Waals surface area contributed by atoms with Crippen molar-refractivity contribution in [2.24, 2.45) is 0 Å². The zero-order valence-electron chi connectivity index (χ0n) is 9.75. The Balaban J connectivity index is 2.27. The second-order valence-electron chi connectivity index (χ2n) is 3.49. The Hall–Kier alpha value is -2.63. The number of hydrogen-bond acceptors (Lipinski definition) is 5. The van der Waals surface area contributed by atoms with Crippen LogP contribution in [0.3, 0.4) is 0 Å². The molecule has 1 heterocycles. The molecule has 1 aromatic carbocycles. The Morgan fingerprint density at radius 3 is 2.83 bits per heavy atom. The third-order valence-electron chi connectivity index (χ3n) is 2.31. The topological polar surface area (TPSA) is 90.1 Å². The summed E-state index contributed by atoms with van der Waals surface area (Å²) >= 11 is 0. The summed E-state index contributed by atoms with van der Waals surface area (Å²) in [5.41, 5.74) is 6.49. The molecule has 0 fully saturated rings. The van der Waals surface area contributed by atoms with Crippen LogP contribution in [-0.4, -0.2) is 23.2 Å². The van der Waals surface area contributed by atoms with Crippen molar-refractivity contribution >= 4 is 17.4 Å². The molecular formula is C12H12N4O2. The van der Waals surface area contributed by atoms with E-state index in [1.54, 1.807) is 30.3 Å². The lowest BCUT2D eigenvalue weighted by Gasteiger charge is -2.10. The first-order valence-electron chi connectivity index (χ1n) is 5.24. The highest BCUT2D eigenvalue weighted by molar-refractivity contribution is 6.06. The summed E-state index contributed by atoms with van der Waals surface area (Å²) in [5, 5.41) is 10.1. The molecule has 0 bridgehead atoms. The fourth-order valence-electron chi connectivity index (χ4n) is 1.51. The number of nitrogen functional groups attached to an aromatic ring is 1. The summed E-state index contributed by atoms with van der Waals surface area (Å²) in [6.45, 7) is 0. The summed E-state index contributed by atoms with van der Waals surface area (Å²) in [7, 11) is 1.46. The number of rotatable bonds is 3. The fraction of sp³-hybridized carbons (Fsp3) is 0.0833. The lowest BCUT2D eigenvalue weighted by Crippen LogP contribution is -2.15. The number of carbonyl (C=O) groups excluding carboxylic acids is 1. The maximum absolute atomic E-state index is 12.0. The van der Waals surface area contributed by atoms with E-state index in [0.29, 0.717) is 22.8 Å². The van der Waals surface area contributed by atoms with Gasteiger partial charge in [-0.2, -0.15) is 5.10 Å². The lowest BCUT2D eigenvalue weighted by atomic mass is 10.1. The van der Waals surface area contributed by atoms with Crippen LogP contribution in [0, 0.1) is 0 Å². The van der Waals surface area contributed by atoms with Crippen LogP contribution in [0.15, 0.2) is 36.5 Å². The van der Waals surface area contributed by atoms with Crippen LogP contribution >= 0.6 is 0 Å². The quantitative estimate of drug-likeness (QED) is 0.795. The number of nitrogens with one attached hydrogen (secondary N) is 1. The number of anilines is 2. The second-order valence-corrected chi connectivity index (χ2v) is 3.49. The van der Waals surface area contributed by atoms with Crippen LogP contribution in [-0.2, 0) is 0 Å². The molecule has 2 aromatic rings. The first-order chi connectivity index (χ1) is 8.72. The second kappa shape index (κ2) is 5.13. The Bertz CT molecular complexity index is 557. The van der Waals surface area contributed by atoms with E-state index in [1.807, 2.05) is 0 Å². The van der Waals surface area contributed by atoms with Gasteiger partial charge in [0.15, 0.2) is 11.6 Å². The Morgan fingerprint density at radius 2 is 2.17 bits per heavy atom. The van der Waals surface area contributed by atoms with Gasteiger partial charge in [-0.1, -0.05) is 6.07 Å². The number of nitrogens with zero attached hydrogens (tertiary/aromatic N) is 2. The molecule has 0 unspecified atom stereocenters. The van der Waals surface area contributed by atoms with Crippen LogP contribution < -0.4 is 15.8 Å². The predicted octanol–water partition coefficient (Wildman–Crippen LogP) is 1.32. The molecule has 0 saturated carbocycles. The third-order valence-corrected chi connectivity index (χ3v) is 2.31. The zero-order chi connectivity index (χ0) is 13.0. The molecule has 2 rings (SSSR count). The van der Waals surface area contributed by atoms with Crippen LogP contribution in [0.1, 0.15) is 10.4 Å². The van der Waals surface area contributed by atoms with Gasteiger partial charge in [0, 0.05) is 6.20 Å². The zero-order valence-corrected chi connectivity index (χ0v) is 9.75. The van der Waals surface area contributed by atoms with Crippen molar-refractivity contribution in [3.63, 3.8) is 0 Å². The molecule has 0 aliphatic rings. The van der Waals surface area contributed by atoms with Crippen molar-refractivity contribution in [1.82, 2.24) is 10.2 Å². The number of amides is 1. The van der Waals surface area contributed by atoms with Crippen molar-refractivity contribution < 1.29 is 9.53 Å². The molecular weight excluding hydrogens is 232 g/mol. The molecule has 18 heavy (non-hydrogen) atoms. The van der Waals surface area contributed by atoms with E-state index in [1.165, 1.54) is 13.3 Å². The van der Waals surface area contributed by atoms with Crippen molar-refractivity contribution in [2.75, 3.05) is 18.2 Å². The van der Waals surface area contributed by atoms with Crippen molar-refractivity contribution in [1.29, 1.82) is 0 Å². The number of benzene rings is 1. The van der Waals surface area contributed by atoms with E-state index in [2.05, 4.69) is 15.5 Å². The van der Waals surface area contributed by atoms with Crippen molar-refractivity contribution in [3.05, 3.63) is 42.1 Å². The van der Waals surface area contributed by atoms with Crippen molar-refractivity contribution in [3.8, 4) is 5.75 Å². The Morgan fingerprint density at radius 1 is 1.33 bits per heavy atom. The number of methoxy groups -OCH3 is 1. The van der Waals surface area contributed by atoms with Gasteiger partial charge in [-0.25, -0.2) is 0 Å². The Kier molecular flexibility index (Phi) is 3.38. The van der Waals surface area contributed by atoms with Gasteiger partial charge in [-0.05, 0) is 24.3 Å². The molecule has 3 N–H and O–H groups in total. The van der Waals surface area contributed by atoms with E-state index in [0.717, 1.165) is 0 Å². The number of nitrogens with two attached hydrogens (primary N) is 1. The van der Waals surface area contributed by atoms with Gasteiger partial charge in [0.1, 0.15) is 0 Å².